The molecule has 0 N–H and O–H groups in total. The fraction of sp³-hybridized carbons (Fsp3) is 0.250. The van der Waals surface area contributed by atoms with Gasteiger partial charge < -0.3 is 29.3 Å². The zero-order chi connectivity index (χ0) is 22.9. The molecule has 15 heteroatoms. The standard InChI is InChI=1S/C12H10N2O2.2C2HF3O2.Pd/c1-3-9-11(13-5-1)12-10(4-2-6-14-12)16-8-7-15-9;2*3-2(4,5)1(6)7;/h1-6H,7-8H2;2*(H,6,7);/q;;;+2/p-2. The van der Waals surface area contributed by atoms with Gasteiger partial charge in [-0.1, -0.05) is 0 Å². The van der Waals surface area contributed by atoms with Gasteiger partial charge in [-0.3, -0.25) is 9.97 Å². The summed E-state index contributed by atoms with van der Waals surface area (Å²) in [6.45, 7) is 1.04. The van der Waals surface area contributed by atoms with Gasteiger partial charge in [0.25, 0.3) is 0 Å². The second kappa shape index (κ2) is 12.1. The number of carbonyl (C=O) groups excluding carboxylic acids is 2. The van der Waals surface area contributed by atoms with Crippen molar-refractivity contribution in [2.45, 2.75) is 12.4 Å². The van der Waals surface area contributed by atoms with Crippen LogP contribution >= 0.6 is 0 Å². The number of nitrogens with zero attached hydrogens (tertiary/aromatic N) is 2. The molecule has 0 aliphatic carbocycles. The van der Waals surface area contributed by atoms with Gasteiger partial charge in [-0.25, -0.2) is 0 Å². The number of hydrogen-bond donors (Lipinski definition) is 0. The average molecular weight is 547 g/mol. The van der Waals surface area contributed by atoms with Crippen LogP contribution in [-0.2, 0) is 30.0 Å². The minimum Gasteiger partial charge on any atom is -0.542 e. The summed E-state index contributed by atoms with van der Waals surface area (Å²) in [5.41, 5.74) is 1.47. The van der Waals surface area contributed by atoms with Crippen LogP contribution in [0, 0.1) is 0 Å². The van der Waals surface area contributed by atoms with Gasteiger partial charge >= 0.3 is 32.8 Å². The molecule has 0 unspecified atom stereocenters. The molecule has 1 aliphatic heterocycles. The van der Waals surface area contributed by atoms with Crippen LogP contribution in [0.2, 0.25) is 0 Å². The summed E-state index contributed by atoms with van der Waals surface area (Å²) in [6.07, 6.45) is -6.94. The van der Waals surface area contributed by atoms with E-state index in [9.17, 15) is 26.3 Å². The van der Waals surface area contributed by atoms with Gasteiger partial charge in [-0.15, -0.1) is 0 Å². The van der Waals surface area contributed by atoms with E-state index in [1.807, 2.05) is 24.3 Å². The summed E-state index contributed by atoms with van der Waals surface area (Å²) in [5.74, 6) is -4.50. The quantitative estimate of drug-likeness (QED) is 0.346. The second-order valence-corrected chi connectivity index (χ2v) is 4.97. The van der Waals surface area contributed by atoms with Crippen molar-refractivity contribution in [3.05, 3.63) is 36.7 Å². The van der Waals surface area contributed by atoms with Crippen molar-refractivity contribution in [3.63, 3.8) is 0 Å². The van der Waals surface area contributed by atoms with E-state index >= 15 is 0 Å². The number of aliphatic carboxylic acids is 2. The molecule has 3 rings (SSSR count). The molecule has 172 valence electrons. The maximum absolute atomic E-state index is 10.5. The van der Waals surface area contributed by atoms with Crippen LogP contribution in [0.15, 0.2) is 36.7 Å². The monoisotopic (exact) mass is 546 g/mol. The predicted octanol–water partition coefficient (Wildman–Crippen LogP) is 0.509. The fourth-order valence-corrected chi connectivity index (χ4v) is 1.67. The number of rotatable bonds is 0. The molecule has 0 amide bonds. The van der Waals surface area contributed by atoms with E-state index in [4.69, 9.17) is 29.3 Å². The van der Waals surface area contributed by atoms with E-state index < -0.39 is 24.3 Å². The average Bonchev–Trinajstić information content (AvgIpc) is 2.63. The molecular weight excluding hydrogens is 537 g/mol. The number of carboxylic acids is 2. The zero-order valence-corrected chi connectivity index (χ0v) is 16.4. The molecule has 0 spiro atoms. The van der Waals surface area contributed by atoms with Crippen LogP contribution in [0.1, 0.15) is 0 Å². The molecule has 0 saturated carbocycles. The van der Waals surface area contributed by atoms with E-state index in [1.165, 1.54) is 0 Å². The van der Waals surface area contributed by atoms with Crippen molar-refractivity contribution in [2.24, 2.45) is 0 Å². The third kappa shape index (κ3) is 9.62. The van der Waals surface area contributed by atoms with E-state index in [0.717, 1.165) is 22.9 Å². The molecule has 31 heavy (non-hydrogen) atoms. The molecule has 0 fully saturated rings. The van der Waals surface area contributed by atoms with E-state index in [0.29, 0.717) is 13.2 Å². The predicted molar refractivity (Wildman–Crippen MR) is 80.6 cm³/mol. The summed E-state index contributed by atoms with van der Waals surface area (Å²) >= 11 is 0. The van der Waals surface area contributed by atoms with Crippen LogP contribution in [-0.4, -0.2) is 47.5 Å². The Morgan fingerprint density at radius 2 is 1.06 bits per heavy atom. The fourth-order valence-electron chi connectivity index (χ4n) is 1.67. The van der Waals surface area contributed by atoms with Crippen molar-refractivity contribution < 1.29 is 76.0 Å². The Hall–Kier alpha value is -2.92. The number of fused-ring (bicyclic) bond motifs is 3. The third-order valence-corrected chi connectivity index (χ3v) is 2.83. The van der Waals surface area contributed by atoms with Gasteiger partial charge in [0.05, 0.1) is 0 Å². The summed E-state index contributed by atoms with van der Waals surface area (Å²) in [4.78, 5) is 26.2. The molecular formula is C16H10F6N2O6Pd. The van der Waals surface area contributed by atoms with Gasteiger partial charge in [0, 0.05) is 12.4 Å². The molecule has 8 nitrogen and oxygen atoms in total. The first kappa shape index (κ1) is 28.1. The van der Waals surface area contributed by atoms with Gasteiger partial charge in [-0.2, -0.15) is 26.3 Å². The van der Waals surface area contributed by atoms with Crippen molar-refractivity contribution >= 4 is 11.9 Å². The van der Waals surface area contributed by atoms with E-state index in [-0.39, 0.29) is 20.4 Å². The summed E-state index contributed by atoms with van der Waals surface area (Å²) < 4.78 is 74.2. The first-order valence-corrected chi connectivity index (χ1v) is 7.56. The zero-order valence-electron chi connectivity index (χ0n) is 14.8. The number of carboxylic acid groups (broad SMARTS) is 2. The first-order chi connectivity index (χ1) is 13.8. The molecule has 0 aromatic carbocycles. The van der Waals surface area contributed by atoms with Crippen LogP contribution in [0.5, 0.6) is 11.5 Å². The van der Waals surface area contributed by atoms with E-state index in [2.05, 4.69) is 9.97 Å². The van der Waals surface area contributed by atoms with Crippen molar-refractivity contribution in [1.29, 1.82) is 0 Å². The van der Waals surface area contributed by atoms with Crippen molar-refractivity contribution in [1.82, 2.24) is 9.97 Å². The SMILES string of the molecule is O=C([O-])C(F)(F)F.O=C([O-])C(F)(F)F.[Pd+2].c1cnc2c(c1)OCCOc1cccnc1-2. The number of alkyl halides is 6. The Balaban J connectivity index is 0.000000510. The number of pyridine rings is 2. The van der Waals surface area contributed by atoms with Gasteiger partial charge in [0.2, 0.25) is 0 Å². The summed E-state index contributed by atoms with van der Waals surface area (Å²) in [7, 11) is 0. The Kier molecular flexibility index (Phi) is 10.9. The Bertz CT molecular complexity index is 807. The maximum Gasteiger partial charge on any atom is 2.00 e. The van der Waals surface area contributed by atoms with Gasteiger partial charge in [0.1, 0.15) is 48.0 Å². The summed E-state index contributed by atoms with van der Waals surface area (Å²) in [6, 6.07) is 7.49. The Morgan fingerprint density at radius 1 is 0.774 bits per heavy atom. The van der Waals surface area contributed by atoms with Crippen molar-refractivity contribution in [3.8, 4) is 22.9 Å². The molecule has 0 atom stereocenters. The Morgan fingerprint density at radius 3 is 1.32 bits per heavy atom. The molecule has 0 saturated heterocycles. The minimum atomic E-state index is -5.19. The summed E-state index contributed by atoms with van der Waals surface area (Å²) in [5, 5.41) is 17.6. The molecule has 0 radical (unpaired) electrons. The molecule has 3 heterocycles. The second-order valence-electron chi connectivity index (χ2n) is 4.97. The number of aromatic nitrogens is 2. The van der Waals surface area contributed by atoms with Crippen LogP contribution < -0.4 is 19.7 Å². The molecule has 0 bridgehead atoms. The van der Waals surface area contributed by atoms with Gasteiger partial charge in [0.15, 0.2) is 0 Å². The largest absolute Gasteiger partial charge is 2.00 e. The number of ether oxygens (including phenoxy) is 2. The molecule has 1 aliphatic rings. The van der Waals surface area contributed by atoms with Crippen LogP contribution in [0.25, 0.3) is 11.4 Å². The third-order valence-electron chi connectivity index (χ3n) is 2.83. The molecule has 2 aromatic rings. The molecule has 2 aromatic heterocycles. The first-order valence-electron chi connectivity index (χ1n) is 7.56. The van der Waals surface area contributed by atoms with Gasteiger partial charge in [-0.05, 0) is 24.3 Å². The van der Waals surface area contributed by atoms with Crippen molar-refractivity contribution in [2.75, 3.05) is 13.2 Å². The number of hydrogen-bond acceptors (Lipinski definition) is 8. The Labute approximate surface area is 183 Å². The van der Waals surface area contributed by atoms with E-state index in [1.54, 1.807) is 12.4 Å². The number of halogens is 6. The van der Waals surface area contributed by atoms with Crippen LogP contribution in [0.4, 0.5) is 26.3 Å². The smallest absolute Gasteiger partial charge is 0.542 e. The van der Waals surface area contributed by atoms with Crippen LogP contribution in [0.3, 0.4) is 0 Å². The normalized spacial score (nSPS) is 12.1. The number of carbonyl (C=O) groups is 2. The maximum atomic E-state index is 10.5. The topological polar surface area (TPSA) is 124 Å². The minimum absolute atomic E-state index is 0.